The molecule has 0 atom stereocenters. The van der Waals surface area contributed by atoms with Gasteiger partial charge in [-0.3, -0.25) is 9.89 Å². The summed E-state index contributed by atoms with van der Waals surface area (Å²) in [6.45, 7) is 2.70. The molecule has 0 unspecified atom stereocenters. The predicted molar refractivity (Wildman–Crippen MR) is 75.8 cm³/mol. The maximum atomic E-state index is 8.36. The van der Waals surface area contributed by atoms with Gasteiger partial charge >= 0.3 is 0 Å². The first-order valence-electron chi connectivity index (χ1n) is 6.29. The Kier molecular flexibility index (Phi) is 5.04. The fourth-order valence-corrected chi connectivity index (χ4v) is 1.89. The first-order chi connectivity index (χ1) is 10.2. The molecule has 9 nitrogen and oxygen atoms in total. The van der Waals surface area contributed by atoms with Crippen LogP contribution in [0.3, 0.4) is 0 Å². The second-order valence-corrected chi connectivity index (χ2v) is 4.15. The Morgan fingerprint density at radius 2 is 2.10 bits per heavy atom. The molecule has 0 amide bonds. The number of ether oxygens (including phenoxy) is 1. The molecule has 2 aromatic heterocycles. The third-order valence-corrected chi connectivity index (χ3v) is 2.80. The van der Waals surface area contributed by atoms with Crippen LogP contribution in [0.15, 0.2) is 18.3 Å². The summed E-state index contributed by atoms with van der Waals surface area (Å²) in [4.78, 5) is 19.2. The molecule has 2 aromatic rings. The van der Waals surface area contributed by atoms with Crippen molar-refractivity contribution in [2.75, 3.05) is 36.9 Å². The van der Waals surface area contributed by atoms with Gasteiger partial charge in [0.2, 0.25) is 5.95 Å². The maximum absolute atomic E-state index is 8.36. The fraction of sp³-hybridized carbons (Fsp3) is 0.333. The van der Waals surface area contributed by atoms with E-state index in [1.165, 1.54) is 0 Å². The number of carboxylic acid groups (broad SMARTS) is 1. The molecule has 3 heterocycles. The van der Waals surface area contributed by atoms with Crippen molar-refractivity contribution in [1.82, 2.24) is 20.2 Å². The lowest BCUT2D eigenvalue weighted by Crippen LogP contribution is -2.37. The number of nitrogens with zero attached hydrogens (tertiary/aromatic N) is 4. The van der Waals surface area contributed by atoms with Gasteiger partial charge in [-0.2, -0.15) is 10.1 Å². The van der Waals surface area contributed by atoms with Gasteiger partial charge in [0.1, 0.15) is 5.82 Å². The lowest BCUT2D eigenvalue weighted by Gasteiger charge is -2.27. The molecule has 1 aliphatic rings. The van der Waals surface area contributed by atoms with Gasteiger partial charge in [-0.05, 0) is 6.07 Å². The van der Waals surface area contributed by atoms with Gasteiger partial charge in [0, 0.05) is 25.4 Å². The van der Waals surface area contributed by atoms with Gasteiger partial charge in [-0.1, -0.05) is 0 Å². The van der Waals surface area contributed by atoms with Crippen molar-refractivity contribution in [1.29, 1.82) is 0 Å². The van der Waals surface area contributed by atoms with E-state index in [0.717, 1.165) is 24.5 Å². The van der Waals surface area contributed by atoms with E-state index >= 15 is 0 Å². The van der Waals surface area contributed by atoms with E-state index < -0.39 is 0 Å². The smallest absolute Gasteiger partial charge is 0.290 e. The van der Waals surface area contributed by atoms with Gasteiger partial charge < -0.3 is 20.5 Å². The van der Waals surface area contributed by atoms with Crippen LogP contribution in [0.2, 0.25) is 0 Å². The van der Waals surface area contributed by atoms with E-state index in [0.29, 0.717) is 25.0 Å². The van der Waals surface area contributed by atoms with Crippen LogP contribution in [-0.2, 0) is 9.53 Å². The van der Waals surface area contributed by atoms with Gasteiger partial charge in [-0.25, -0.2) is 4.98 Å². The van der Waals surface area contributed by atoms with Crippen LogP contribution in [0.25, 0.3) is 11.4 Å². The highest BCUT2D eigenvalue weighted by Gasteiger charge is 2.15. The van der Waals surface area contributed by atoms with Gasteiger partial charge in [-0.15, -0.1) is 0 Å². The highest BCUT2D eigenvalue weighted by Crippen LogP contribution is 2.20. The topological polar surface area (TPSA) is 130 Å². The summed E-state index contributed by atoms with van der Waals surface area (Å²) in [5, 5.41) is 13.7. The molecular weight excluding hydrogens is 276 g/mol. The van der Waals surface area contributed by atoms with E-state index in [4.69, 9.17) is 20.4 Å². The summed E-state index contributed by atoms with van der Waals surface area (Å²) in [6, 6.07) is 3.59. The SMILES string of the molecule is Nc1cc(-c2ccn[nH]2)nc(N2CCOCC2)n1.O=CO. The summed E-state index contributed by atoms with van der Waals surface area (Å²) in [5.74, 6) is 1.10. The zero-order valence-corrected chi connectivity index (χ0v) is 11.3. The molecule has 21 heavy (non-hydrogen) atoms. The van der Waals surface area contributed by atoms with Crippen LogP contribution in [0.5, 0.6) is 0 Å². The molecule has 1 saturated heterocycles. The second kappa shape index (κ2) is 7.20. The minimum Gasteiger partial charge on any atom is -0.483 e. The number of H-pyrrole nitrogens is 1. The van der Waals surface area contributed by atoms with Crippen LogP contribution < -0.4 is 10.6 Å². The largest absolute Gasteiger partial charge is 0.483 e. The lowest BCUT2D eigenvalue weighted by atomic mass is 10.3. The normalized spacial score (nSPS) is 14.2. The second-order valence-electron chi connectivity index (χ2n) is 4.15. The van der Waals surface area contributed by atoms with Crippen LogP contribution in [0, 0.1) is 0 Å². The molecule has 0 saturated carbocycles. The number of aromatic amines is 1. The number of anilines is 2. The Labute approximate surface area is 120 Å². The quantitative estimate of drug-likeness (QED) is 0.659. The van der Waals surface area contributed by atoms with Crippen molar-refractivity contribution in [3.63, 3.8) is 0 Å². The lowest BCUT2D eigenvalue weighted by molar-refractivity contribution is -0.122. The van der Waals surface area contributed by atoms with Gasteiger partial charge in [0.25, 0.3) is 6.47 Å². The van der Waals surface area contributed by atoms with Crippen LogP contribution in [0.1, 0.15) is 0 Å². The minimum absolute atomic E-state index is 0.250. The van der Waals surface area contributed by atoms with Crippen molar-refractivity contribution in [2.24, 2.45) is 0 Å². The molecule has 0 bridgehead atoms. The molecule has 0 radical (unpaired) electrons. The minimum atomic E-state index is -0.250. The summed E-state index contributed by atoms with van der Waals surface area (Å²) in [6.07, 6.45) is 1.68. The molecule has 9 heteroatoms. The highest BCUT2D eigenvalue weighted by molar-refractivity contribution is 5.59. The Morgan fingerprint density at radius 3 is 2.71 bits per heavy atom. The molecule has 0 aliphatic carbocycles. The number of carbonyl (C=O) groups is 1. The molecular formula is C12H16N6O3. The van der Waals surface area contributed by atoms with E-state index in [9.17, 15) is 0 Å². The summed E-state index contributed by atoms with van der Waals surface area (Å²) >= 11 is 0. The van der Waals surface area contributed by atoms with Gasteiger partial charge in [0.15, 0.2) is 0 Å². The highest BCUT2D eigenvalue weighted by atomic mass is 16.5. The third-order valence-electron chi connectivity index (χ3n) is 2.80. The van der Waals surface area contributed by atoms with E-state index in [-0.39, 0.29) is 6.47 Å². The Morgan fingerprint density at radius 1 is 1.38 bits per heavy atom. The number of hydrogen-bond donors (Lipinski definition) is 3. The maximum Gasteiger partial charge on any atom is 0.290 e. The van der Waals surface area contributed by atoms with Gasteiger partial charge in [0.05, 0.1) is 24.6 Å². The number of morpholine rings is 1. The molecule has 3 rings (SSSR count). The monoisotopic (exact) mass is 292 g/mol. The van der Waals surface area contributed by atoms with Crippen molar-refractivity contribution in [3.05, 3.63) is 18.3 Å². The first-order valence-corrected chi connectivity index (χ1v) is 6.29. The number of rotatable bonds is 2. The van der Waals surface area contributed by atoms with Crippen molar-refractivity contribution in [3.8, 4) is 11.4 Å². The number of aromatic nitrogens is 4. The first kappa shape index (κ1) is 14.7. The summed E-state index contributed by atoms with van der Waals surface area (Å²) in [5.41, 5.74) is 7.41. The number of nitrogen functional groups attached to an aromatic ring is 1. The molecule has 1 fully saturated rings. The zero-order valence-electron chi connectivity index (χ0n) is 11.3. The predicted octanol–water partition coefficient (Wildman–Crippen LogP) is -0.0137. The van der Waals surface area contributed by atoms with E-state index in [2.05, 4.69) is 25.1 Å². The third kappa shape index (κ3) is 3.89. The molecule has 0 aromatic carbocycles. The van der Waals surface area contributed by atoms with Crippen LogP contribution in [0.4, 0.5) is 11.8 Å². The van der Waals surface area contributed by atoms with Crippen LogP contribution in [-0.4, -0.2) is 58.0 Å². The standard InChI is InChI=1S/C11H14N6O.CH2O2/c12-10-7-9(8-1-2-13-16-8)14-11(15-10)17-3-5-18-6-4-17;2-1-3/h1-2,7H,3-6H2,(H,13,16)(H2,12,14,15);1H,(H,2,3). The van der Waals surface area contributed by atoms with Crippen molar-refractivity contribution < 1.29 is 14.6 Å². The Hall–Kier alpha value is -2.68. The van der Waals surface area contributed by atoms with Crippen molar-refractivity contribution in [2.45, 2.75) is 0 Å². The summed E-state index contributed by atoms with van der Waals surface area (Å²) in [7, 11) is 0. The van der Waals surface area contributed by atoms with E-state index in [1.54, 1.807) is 12.3 Å². The number of hydrogen-bond acceptors (Lipinski definition) is 7. The molecule has 4 N–H and O–H groups in total. The molecule has 1 aliphatic heterocycles. The van der Waals surface area contributed by atoms with Crippen LogP contribution >= 0.6 is 0 Å². The average molecular weight is 292 g/mol. The van der Waals surface area contributed by atoms with Crippen molar-refractivity contribution >= 4 is 18.2 Å². The molecule has 112 valence electrons. The fourth-order valence-electron chi connectivity index (χ4n) is 1.89. The number of nitrogens with one attached hydrogen (secondary N) is 1. The Bertz CT molecular complexity index is 568. The Balaban J connectivity index is 0.000000497. The average Bonchev–Trinajstić information content (AvgIpc) is 3.03. The number of nitrogens with two attached hydrogens (primary N) is 1. The molecule has 0 spiro atoms. The van der Waals surface area contributed by atoms with E-state index in [1.807, 2.05) is 6.07 Å². The summed E-state index contributed by atoms with van der Waals surface area (Å²) < 4.78 is 5.31. The zero-order chi connectivity index (χ0) is 15.1.